The predicted molar refractivity (Wildman–Crippen MR) is 97.7 cm³/mol. The highest BCUT2D eigenvalue weighted by atomic mass is 16.7. The monoisotopic (exact) mass is 363 g/mol. The molecule has 0 fully saturated rings. The van der Waals surface area contributed by atoms with Gasteiger partial charge in [0.15, 0.2) is 5.78 Å². The molecule has 6 nitrogen and oxygen atoms in total. The second-order valence-electron chi connectivity index (χ2n) is 6.10. The van der Waals surface area contributed by atoms with E-state index in [2.05, 4.69) is 0 Å². The maximum absolute atomic E-state index is 12.9. The topological polar surface area (TPSA) is 69.0 Å². The number of Topliss-reactive ketones (excluding diaryl/α,β-unsaturated/α-hetero) is 1. The Balaban J connectivity index is 1.65. The molecular weight excluding hydrogens is 346 g/mol. The van der Waals surface area contributed by atoms with Crippen molar-refractivity contribution >= 4 is 17.4 Å². The molecule has 0 spiro atoms. The second-order valence-corrected chi connectivity index (χ2v) is 6.10. The molecule has 0 saturated carbocycles. The number of ether oxygens (including phenoxy) is 1. The number of benzene rings is 2. The number of anilines is 1. The lowest BCUT2D eigenvalue weighted by atomic mass is 9.97. The van der Waals surface area contributed by atoms with Gasteiger partial charge in [0.1, 0.15) is 18.1 Å². The molecule has 4 rings (SSSR count). The molecule has 2 heterocycles. The molecule has 2 aromatic carbocycles. The summed E-state index contributed by atoms with van der Waals surface area (Å²) in [6, 6.07) is 16.0. The van der Waals surface area contributed by atoms with Crippen LogP contribution in [0.5, 0.6) is 5.75 Å². The number of carbonyl (C=O) groups excluding carboxylic acids is 2. The summed E-state index contributed by atoms with van der Waals surface area (Å²) in [6.45, 7) is 0. The standard InChI is InChI=1S/C21H17NO5/c1-25-19-10-6-5-9-15(19)18(23)11-20-16-12-26-13-17(16)21(24)22(27-20)14-7-3-2-4-8-14/h2-10,12-13,20H,11H2,1H3. The van der Waals surface area contributed by atoms with E-state index in [9.17, 15) is 9.59 Å². The average molecular weight is 363 g/mol. The Morgan fingerprint density at radius 2 is 1.81 bits per heavy atom. The molecular formula is C21H17NO5. The van der Waals surface area contributed by atoms with Crippen LogP contribution < -0.4 is 9.80 Å². The Hall–Kier alpha value is -3.38. The fourth-order valence-electron chi connectivity index (χ4n) is 3.11. The van der Waals surface area contributed by atoms with Crippen LogP contribution >= 0.6 is 0 Å². The minimum atomic E-state index is -0.644. The van der Waals surface area contributed by atoms with E-state index in [1.807, 2.05) is 18.2 Å². The second kappa shape index (κ2) is 7.09. The van der Waals surface area contributed by atoms with E-state index in [1.54, 1.807) is 36.4 Å². The Morgan fingerprint density at radius 1 is 1.07 bits per heavy atom. The molecule has 27 heavy (non-hydrogen) atoms. The molecule has 1 aliphatic heterocycles. The Labute approximate surface area is 155 Å². The van der Waals surface area contributed by atoms with Crippen LogP contribution in [0.1, 0.15) is 38.8 Å². The minimum absolute atomic E-state index is 0.0452. The molecule has 6 heteroatoms. The van der Waals surface area contributed by atoms with Gasteiger partial charge in [0.05, 0.1) is 30.2 Å². The number of para-hydroxylation sites is 2. The normalized spacial score (nSPS) is 16.1. The molecule has 0 N–H and O–H groups in total. The summed E-state index contributed by atoms with van der Waals surface area (Å²) in [4.78, 5) is 31.5. The number of hydrogen-bond donors (Lipinski definition) is 0. The number of rotatable bonds is 5. The quantitative estimate of drug-likeness (QED) is 0.636. The smallest absolute Gasteiger partial charge is 0.285 e. The third-order valence-electron chi connectivity index (χ3n) is 4.46. The van der Waals surface area contributed by atoms with Crippen LogP contribution in [0.25, 0.3) is 0 Å². The number of methoxy groups -OCH3 is 1. The van der Waals surface area contributed by atoms with Crippen molar-refractivity contribution in [2.75, 3.05) is 12.2 Å². The first kappa shape index (κ1) is 17.1. The lowest BCUT2D eigenvalue weighted by molar-refractivity contribution is 0.0148. The van der Waals surface area contributed by atoms with E-state index in [1.165, 1.54) is 24.7 Å². The molecule has 1 atom stereocenters. The molecule has 0 aliphatic carbocycles. The number of hydroxylamine groups is 1. The molecule has 1 aliphatic rings. The third kappa shape index (κ3) is 3.11. The number of carbonyl (C=O) groups is 2. The first-order valence-electron chi connectivity index (χ1n) is 8.47. The van der Waals surface area contributed by atoms with Gasteiger partial charge in [-0.2, -0.15) is 5.06 Å². The zero-order valence-electron chi connectivity index (χ0n) is 14.6. The van der Waals surface area contributed by atoms with Crippen LogP contribution in [-0.2, 0) is 4.84 Å². The van der Waals surface area contributed by atoms with Gasteiger partial charge in [-0.05, 0) is 24.3 Å². The molecule has 0 bridgehead atoms. The van der Waals surface area contributed by atoms with Gasteiger partial charge >= 0.3 is 0 Å². The van der Waals surface area contributed by atoms with Crippen molar-refractivity contribution in [3.63, 3.8) is 0 Å². The molecule has 1 aromatic heterocycles. The van der Waals surface area contributed by atoms with E-state index in [-0.39, 0.29) is 18.1 Å². The highest BCUT2D eigenvalue weighted by molar-refractivity contribution is 6.07. The van der Waals surface area contributed by atoms with Crippen LogP contribution in [0.15, 0.2) is 71.5 Å². The van der Waals surface area contributed by atoms with Crippen molar-refractivity contribution in [3.8, 4) is 5.75 Å². The lowest BCUT2D eigenvalue weighted by Crippen LogP contribution is -2.38. The number of furan rings is 1. The van der Waals surface area contributed by atoms with Crippen molar-refractivity contribution in [2.24, 2.45) is 0 Å². The predicted octanol–water partition coefficient (Wildman–Crippen LogP) is 4.19. The van der Waals surface area contributed by atoms with E-state index in [0.29, 0.717) is 28.1 Å². The van der Waals surface area contributed by atoms with Gasteiger partial charge < -0.3 is 9.15 Å². The van der Waals surface area contributed by atoms with Gasteiger partial charge in [-0.15, -0.1) is 0 Å². The average Bonchev–Trinajstić information content (AvgIpc) is 3.21. The Morgan fingerprint density at radius 3 is 2.59 bits per heavy atom. The van der Waals surface area contributed by atoms with Gasteiger partial charge in [-0.25, -0.2) is 0 Å². The third-order valence-corrected chi connectivity index (χ3v) is 4.46. The van der Waals surface area contributed by atoms with E-state index < -0.39 is 6.10 Å². The van der Waals surface area contributed by atoms with Crippen molar-refractivity contribution in [2.45, 2.75) is 12.5 Å². The fourth-order valence-corrected chi connectivity index (χ4v) is 3.11. The highest BCUT2D eigenvalue weighted by Crippen LogP contribution is 2.36. The van der Waals surface area contributed by atoms with Gasteiger partial charge in [0.2, 0.25) is 0 Å². The zero-order valence-corrected chi connectivity index (χ0v) is 14.6. The summed E-state index contributed by atoms with van der Waals surface area (Å²) in [6.07, 6.45) is 2.24. The Kier molecular flexibility index (Phi) is 4.48. The summed E-state index contributed by atoms with van der Waals surface area (Å²) >= 11 is 0. The molecule has 136 valence electrons. The van der Waals surface area contributed by atoms with Crippen LogP contribution in [-0.4, -0.2) is 18.8 Å². The van der Waals surface area contributed by atoms with Crippen molar-refractivity contribution < 1.29 is 23.6 Å². The molecule has 0 radical (unpaired) electrons. The van der Waals surface area contributed by atoms with Gasteiger partial charge in [-0.3, -0.25) is 14.4 Å². The minimum Gasteiger partial charge on any atom is -0.496 e. The van der Waals surface area contributed by atoms with E-state index in [4.69, 9.17) is 14.0 Å². The summed E-state index contributed by atoms with van der Waals surface area (Å²) in [5.41, 5.74) is 2.01. The summed E-state index contributed by atoms with van der Waals surface area (Å²) in [7, 11) is 1.52. The zero-order chi connectivity index (χ0) is 18.8. The summed E-state index contributed by atoms with van der Waals surface area (Å²) in [5, 5.41) is 1.21. The molecule has 0 saturated heterocycles. The number of hydrogen-bond acceptors (Lipinski definition) is 5. The lowest BCUT2D eigenvalue weighted by Gasteiger charge is -2.31. The maximum Gasteiger partial charge on any atom is 0.285 e. The maximum atomic E-state index is 12.9. The number of nitrogens with zero attached hydrogens (tertiary/aromatic N) is 1. The summed E-state index contributed by atoms with van der Waals surface area (Å²) < 4.78 is 10.5. The highest BCUT2D eigenvalue weighted by Gasteiger charge is 2.36. The molecule has 1 unspecified atom stereocenters. The van der Waals surface area contributed by atoms with E-state index in [0.717, 1.165) is 0 Å². The van der Waals surface area contributed by atoms with Gasteiger partial charge in [-0.1, -0.05) is 30.3 Å². The SMILES string of the molecule is COc1ccccc1C(=O)CC1ON(c2ccccc2)C(=O)c2cocc21. The van der Waals surface area contributed by atoms with Crippen LogP contribution in [0.4, 0.5) is 5.69 Å². The first-order chi connectivity index (χ1) is 13.2. The van der Waals surface area contributed by atoms with E-state index >= 15 is 0 Å². The van der Waals surface area contributed by atoms with Crippen LogP contribution in [0.2, 0.25) is 0 Å². The van der Waals surface area contributed by atoms with Crippen molar-refractivity contribution in [3.05, 3.63) is 83.8 Å². The first-order valence-corrected chi connectivity index (χ1v) is 8.47. The van der Waals surface area contributed by atoms with Crippen molar-refractivity contribution in [1.82, 2.24) is 0 Å². The molecule has 1 amide bonds. The Bertz CT molecular complexity index is 979. The largest absolute Gasteiger partial charge is 0.496 e. The van der Waals surface area contributed by atoms with Crippen LogP contribution in [0.3, 0.4) is 0 Å². The van der Waals surface area contributed by atoms with Gasteiger partial charge in [0, 0.05) is 12.0 Å². The number of ketones is 1. The van der Waals surface area contributed by atoms with Crippen LogP contribution in [0, 0.1) is 0 Å². The summed E-state index contributed by atoms with van der Waals surface area (Å²) in [5.74, 6) is 0.0274. The van der Waals surface area contributed by atoms with Crippen molar-refractivity contribution in [1.29, 1.82) is 0 Å². The number of amides is 1. The number of fused-ring (bicyclic) bond motifs is 1. The fraction of sp³-hybridized carbons (Fsp3) is 0.143. The molecule has 3 aromatic rings. The van der Waals surface area contributed by atoms with Gasteiger partial charge in [0.25, 0.3) is 5.91 Å².